The highest BCUT2D eigenvalue weighted by Crippen LogP contribution is 2.27. The van der Waals surface area contributed by atoms with Crippen LogP contribution in [0.3, 0.4) is 0 Å². The van der Waals surface area contributed by atoms with Gasteiger partial charge in [-0.15, -0.1) is 0 Å². The number of rotatable bonds is 5. The Morgan fingerprint density at radius 1 is 1.29 bits per heavy atom. The Bertz CT molecular complexity index is 348. The minimum absolute atomic E-state index is 0.198. The van der Waals surface area contributed by atoms with Gasteiger partial charge in [0.05, 0.1) is 5.75 Å². The van der Waals surface area contributed by atoms with Crippen molar-refractivity contribution in [2.75, 3.05) is 46.0 Å². The number of nitrogens with one attached hydrogen (secondary N) is 1. The van der Waals surface area contributed by atoms with Crippen LogP contribution in [0, 0.1) is 5.92 Å². The van der Waals surface area contributed by atoms with Gasteiger partial charge in [0.15, 0.2) is 0 Å². The molecule has 0 amide bonds. The average Bonchev–Trinajstić information content (AvgIpc) is 2.30. The molecular weight excluding hydrogens is 238 g/mol. The summed E-state index contributed by atoms with van der Waals surface area (Å²) in [5.74, 6) is 0.950. The van der Waals surface area contributed by atoms with E-state index in [1.807, 2.05) is 0 Å². The third-order valence-corrected chi connectivity index (χ3v) is 5.81. The fourth-order valence-electron chi connectivity index (χ4n) is 2.75. The summed E-state index contributed by atoms with van der Waals surface area (Å²) in [5, 5.41) is 3.42. The van der Waals surface area contributed by atoms with Gasteiger partial charge in [-0.2, -0.15) is 0 Å². The van der Waals surface area contributed by atoms with E-state index in [0.717, 1.165) is 12.5 Å². The van der Waals surface area contributed by atoms with Crippen LogP contribution in [-0.2, 0) is 10.0 Å². The molecule has 1 atom stereocenters. The summed E-state index contributed by atoms with van der Waals surface area (Å²) in [6.07, 6.45) is 2.52. The van der Waals surface area contributed by atoms with Crippen LogP contribution in [-0.4, -0.2) is 69.7 Å². The Balaban J connectivity index is 1.76. The number of fused-ring (bicyclic) bond motifs is 3. The predicted molar refractivity (Wildman–Crippen MR) is 68.4 cm³/mol. The van der Waals surface area contributed by atoms with E-state index in [2.05, 4.69) is 10.2 Å². The van der Waals surface area contributed by atoms with E-state index >= 15 is 0 Å². The highest BCUT2D eigenvalue weighted by atomic mass is 32.2. The van der Waals surface area contributed by atoms with E-state index in [4.69, 9.17) is 0 Å². The third-order valence-electron chi connectivity index (χ3n) is 3.98. The molecule has 100 valence electrons. The quantitative estimate of drug-likeness (QED) is 0.729. The summed E-state index contributed by atoms with van der Waals surface area (Å²) in [7, 11) is 0.119. The molecular formula is C11H23N3O2S. The second kappa shape index (κ2) is 5.22. The average molecular weight is 261 g/mol. The Morgan fingerprint density at radius 3 is 2.41 bits per heavy atom. The van der Waals surface area contributed by atoms with Crippen molar-refractivity contribution in [2.45, 2.75) is 18.9 Å². The minimum Gasteiger partial charge on any atom is -0.311 e. The normalized spacial score (nSPS) is 33.2. The molecule has 2 bridgehead atoms. The van der Waals surface area contributed by atoms with Crippen LogP contribution in [0.5, 0.6) is 0 Å². The van der Waals surface area contributed by atoms with Gasteiger partial charge in [0.25, 0.3) is 0 Å². The molecule has 5 nitrogen and oxygen atoms in total. The summed E-state index contributed by atoms with van der Waals surface area (Å²) in [6, 6.07) is 0.495. The van der Waals surface area contributed by atoms with Crippen LogP contribution in [0.2, 0.25) is 0 Å². The zero-order valence-corrected chi connectivity index (χ0v) is 11.5. The van der Waals surface area contributed by atoms with Gasteiger partial charge in [0, 0.05) is 33.2 Å². The van der Waals surface area contributed by atoms with Crippen molar-refractivity contribution >= 4 is 10.0 Å². The molecule has 3 saturated heterocycles. The Hall–Kier alpha value is -0.170. The largest absolute Gasteiger partial charge is 0.311 e. The molecule has 17 heavy (non-hydrogen) atoms. The maximum atomic E-state index is 11.6. The molecule has 0 aromatic heterocycles. The molecule has 0 radical (unpaired) electrons. The summed E-state index contributed by atoms with van der Waals surface area (Å²) >= 11 is 0. The lowest BCUT2D eigenvalue weighted by Gasteiger charge is -2.45. The fourth-order valence-corrected chi connectivity index (χ4v) is 3.49. The van der Waals surface area contributed by atoms with Gasteiger partial charge in [-0.25, -0.2) is 12.7 Å². The molecule has 3 heterocycles. The molecule has 6 heteroatoms. The van der Waals surface area contributed by atoms with Crippen molar-refractivity contribution < 1.29 is 8.42 Å². The van der Waals surface area contributed by atoms with E-state index < -0.39 is 10.0 Å². The molecule has 0 aliphatic carbocycles. The van der Waals surface area contributed by atoms with Crippen LogP contribution in [0.4, 0.5) is 0 Å². The Kier molecular flexibility index (Phi) is 4.07. The number of sulfonamides is 1. The zero-order valence-electron chi connectivity index (χ0n) is 10.7. The van der Waals surface area contributed by atoms with Gasteiger partial charge in [-0.3, -0.25) is 0 Å². The molecule has 0 spiro atoms. The molecule has 3 fully saturated rings. The number of piperidine rings is 3. The second-order valence-electron chi connectivity index (χ2n) is 5.30. The molecule has 1 unspecified atom stereocenters. The lowest BCUT2D eigenvalue weighted by Crippen LogP contribution is -2.56. The van der Waals surface area contributed by atoms with Gasteiger partial charge in [0.1, 0.15) is 0 Å². The van der Waals surface area contributed by atoms with Crippen molar-refractivity contribution in [1.82, 2.24) is 14.5 Å². The van der Waals surface area contributed by atoms with Gasteiger partial charge in [0.2, 0.25) is 10.0 Å². The van der Waals surface area contributed by atoms with E-state index in [9.17, 15) is 8.42 Å². The van der Waals surface area contributed by atoms with Crippen molar-refractivity contribution in [3.63, 3.8) is 0 Å². The first-order valence-electron chi connectivity index (χ1n) is 6.35. The smallest absolute Gasteiger partial charge is 0.214 e. The molecule has 0 saturated carbocycles. The van der Waals surface area contributed by atoms with Crippen molar-refractivity contribution in [3.8, 4) is 0 Å². The first kappa shape index (κ1) is 13.3. The summed E-state index contributed by atoms with van der Waals surface area (Å²) in [5.41, 5.74) is 0. The first-order valence-corrected chi connectivity index (χ1v) is 7.96. The summed E-state index contributed by atoms with van der Waals surface area (Å²) in [4.78, 5) is 2.47. The fraction of sp³-hybridized carbons (Fsp3) is 1.00. The summed E-state index contributed by atoms with van der Waals surface area (Å²) in [6.45, 7) is 4.10. The van der Waals surface area contributed by atoms with Crippen LogP contribution in [0.15, 0.2) is 0 Å². The van der Waals surface area contributed by atoms with Gasteiger partial charge < -0.3 is 10.2 Å². The SMILES string of the molecule is CN(C)S(=O)(=O)CCNC1CN2CCC1CC2. The van der Waals surface area contributed by atoms with E-state index in [1.165, 1.54) is 30.2 Å². The number of hydrogen-bond donors (Lipinski definition) is 1. The topological polar surface area (TPSA) is 52.7 Å². The van der Waals surface area contributed by atoms with Gasteiger partial charge >= 0.3 is 0 Å². The first-order chi connectivity index (χ1) is 7.99. The molecule has 3 aliphatic heterocycles. The molecule has 1 N–H and O–H groups in total. The van der Waals surface area contributed by atoms with E-state index in [0.29, 0.717) is 12.6 Å². The van der Waals surface area contributed by atoms with Crippen molar-refractivity contribution in [1.29, 1.82) is 0 Å². The lowest BCUT2D eigenvalue weighted by atomic mass is 9.84. The maximum Gasteiger partial charge on any atom is 0.214 e. The summed E-state index contributed by atoms with van der Waals surface area (Å²) < 4.78 is 24.5. The minimum atomic E-state index is -3.05. The van der Waals surface area contributed by atoms with Crippen LogP contribution in [0.1, 0.15) is 12.8 Å². The number of hydrogen-bond acceptors (Lipinski definition) is 4. The molecule has 3 rings (SSSR count). The molecule has 0 aromatic carbocycles. The predicted octanol–water partition coefficient (Wildman–Crippen LogP) is -0.438. The monoisotopic (exact) mass is 261 g/mol. The standard InChI is InChI=1S/C11H23N3O2S/c1-13(2)17(15,16)8-5-12-11-9-14-6-3-10(11)4-7-14/h10-12H,3-9H2,1-2H3. The highest BCUT2D eigenvalue weighted by molar-refractivity contribution is 7.89. The van der Waals surface area contributed by atoms with Crippen LogP contribution in [0.25, 0.3) is 0 Å². The highest BCUT2D eigenvalue weighted by Gasteiger charge is 2.33. The Morgan fingerprint density at radius 2 is 1.94 bits per heavy atom. The third kappa shape index (κ3) is 3.19. The lowest BCUT2D eigenvalue weighted by molar-refractivity contribution is 0.0737. The maximum absolute atomic E-state index is 11.6. The van der Waals surface area contributed by atoms with Crippen LogP contribution >= 0.6 is 0 Å². The van der Waals surface area contributed by atoms with Gasteiger partial charge in [-0.1, -0.05) is 0 Å². The van der Waals surface area contributed by atoms with E-state index in [1.54, 1.807) is 14.1 Å². The van der Waals surface area contributed by atoms with E-state index in [-0.39, 0.29) is 5.75 Å². The van der Waals surface area contributed by atoms with Gasteiger partial charge in [-0.05, 0) is 31.8 Å². The second-order valence-corrected chi connectivity index (χ2v) is 7.60. The zero-order chi connectivity index (χ0) is 12.5. The number of nitrogens with zero attached hydrogens (tertiary/aromatic N) is 2. The molecule has 3 aliphatic rings. The van der Waals surface area contributed by atoms with Crippen LogP contribution < -0.4 is 5.32 Å². The molecule has 0 aromatic rings. The van der Waals surface area contributed by atoms with Crippen molar-refractivity contribution in [3.05, 3.63) is 0 Å². The van der Waals surface area contributed by atoms with Crippen molar-refractivity contribution in [2.24, 2.45) is 5.92 Å². The Labute approximate surface area is 104 Å².